The molecule has 142 valence electrons. The van der Waals surface area contributed by atoms with Crippen molar-refractivity contribution >= 4 is 11.9 Å². The van der Waals surface area contributed by atoms with Crippen LogP contribution >= 0.6 is 0 Å². The molecule has 3 rings (SSSR count). The minimum Gasteiger partial charge on any atom is -0.478 e. The summed E-state index contributed by atoms with van der Waals surface area (Å²) in [5.41, 5.74) is 3.83. The van der Waals surface area contributed by atoms with Gasteiger partial charge in [0, 0.05) is 12.5 Å². The highest BCUT2D eigenvalue weighted by molar-refractivity contribution is 5.91. The number of carbonyl (C=O) groups is 2. The zero-order chi connectivity index (χ0) is 19.6. The number of benzene rings is 2. The molecule has 0 aliphatic heterocycles. The maximum Gasteiger partial charge on any atom is 0.335 e. The summed E-state index contributed by atoms with van der Waals surface area (Å²) in [6.45, 7) is 3.67. The van der Waals surface area contributed by atoms with E-state index in [0.717, 1.165) is 41.5 Å². The third-order valence-electron chi connectivity index (χ3n) is 5.43. The predicted molar refractivity (Wildman–Crippen MR) is 102 cm³/mol. The van der Waals surface area contributed by atoms with Gasteiger partial charge < -0.3 is 10.4 Å². The summed E-state index contributed by atoms with van der Waals surface area (Å²) >= 11 is 0. The Balaban J connectivity index is 2.01. The summed E-state index contributed by atoms with van der Waals surface area (Å²) in [5.74, 6) is -1.06. The molecule has 0 saturated heterocycles. The summed E-state index contributed by atoms with van der Waals surface area (Å²) < 4.78 is 13.3. The van der Waals surface area contributed by atoms with Gasteiger partial charge in [0.15, 0.2) is 0 Å². The molecule has 1 saturated carbocycles. The number of carbonyl (C=O) groups excluding carboxylic acids is 1. The first-order valence-electron chi connectivity index (χ1n) is 9.32. The van der Waals surface area contributed by atoms with Gasteiger partial charge in [-0.15, -0.1) is 0 Å². The van der Waals surface area contributed by atoms with Crippen LogP contribution in [0, 0.1) is 12.7 Å². The van der Waals surface area contributed by atoms with Crippen molar-refractivity contribution < 1.29 is 19.1 Å². The lowest BCUT2D eigenvalue weighted by molar-refractivity contribution is -0.121. The number of carboxylic acids is 1. The molecule has 0 radical (unpaired) electrons. The Bertz CT molecular complexity index is 861. The van der Waals surface area contributed by atoms with Gasteiger partial charge in [-0.1, -0.05) is 25.1 Å². The fourth-order valence-electron chi connectivity index (χ4n) is 4.07. The van der Waals surface area contributed by atoms with Crippen LogP contribution in [0.4, 0.5) is 4.39 Å². The first-order chi connectivity index (χ1) is 12.9. The summed E-state index contributed by atoms with van der Waals surface area (Å²) in [7, 11) is 0. The second kappa shape index (κ2) is 7.91. The van der Waals surface area contributed by atoms with E-state index in [1.165, 1.54) is 12.1 Å². The first kappa shape index (κ1) is 19.1. The Morgan fingerprint density at radius 1 is 1.15 bits per heavy atom. The zero-order valence-electron chi connectivity index (χ0n) is 15.6. The molecule has 1 amide bonds. The standard InChI is InChI=1S/C22H24FNO3/c1-3-20(25)24-17-9-6-15(12-17)21-13(2)18(22(26)27)10-11-19(21)14-4-7-16(23)8-5-14/h4-5,7-8,10-11,15,17H,3,6,9,12H2,1-2H3,(H,24,25)(H,26,27)/t15-,17+/m1/s1. The lowest BCUT2D eigenvalue weighted by atomic mass is 9.84. The van der Waals surface area contributed by atoms with Crippen LogP contribution in [0.3, 0.4) is 0 Å². The van der Waals surface area contributed by atoms with Crippen LogP contribution in [0.2, 0.25) is 0 Å². The van der Waals surface area contributed by atoms with Crippen LogP contribution < -0.4 is 5.32 Å². The van der Waals surface area contributed by atoms with Crippen molar-refractivity contribution in [1.82, 2.24) is 5.32 Å². The third-order valence-corrected chi connectivity index (χ3v) is 5.43. The van der Waals surface area contributed by atoms with Crippen LogP contribution in [-0.4, -0.2) is 23.0 Å². The zero-order valence-corrected chi connectivity index (χ0v) is 15.6. The molecule has 1 fully saturated rings. The smallest absolute Gasteiger partial charge is 0.335 e. The van der Waals surface area contributed by atoms with Crippen LogP contribution in [0.5, 0.6) is 0 Å². The van der Waals surface area contributed by atoms with Crippen LogP contribution in [0.25, 0.3) is 11.1 Å². The van der Waals surface area contributed by atoms with Gasteiger partial charge >= 0.3 is 5.97 Å². The number of amides is 1. The number of nitrogens with one attached hydrogen (secondary N) is 1. The molecule has 2 aromatic carbocycles. The van der Waals surface area contributed by atoms with Crippen LogP contribution in [-0.2, 0) is 4.79 Å². The molecule has 2 aromatic rings. The van der Waals surface area contributed by atoms with Gasteiger partial charge in [0.25, 0.3) is 0 Å². The van der Waals surface area contributed by atoms with E-state index in [1.807, 2.05) is 19.9 Å². The number of rotatable bonds is 5. The maximum absolute atomic E-state index is 13.3. The molecule has 5 heteroatoms. The van der Waals surface area contributed by atoms with Gasteiger partial charge in [-0.2, -0.15) is 0 Å². The van der Waals surface area contributed by atoms with Gasteiger partial charge in [-0.3, -0.25) is 4.79 Å². The summed E-state index contributed by atoms with van der Waals surface area (Å²) in [6.07, 6.45) is 2.99. The minimum absolute atomic E-state index is 0.0374. The Hall–Kier alpha value is -2.69. The molecule has 0 unspecified atom stereocenters. The van der Waals surface area contributed by atoms with Crippen LogP contribution in [0.15, 0.2) is 36.4 Å². The third kappa shape index (κ3) is 4.02. The number of aromatic carboxylic acids is 1. The quantitative estimate of drug-likeness (QED) is 0.805. The van der Waals surface area contributed by atoms with E-state index in [0.29, 0.717) is 6.42 Å². The number of hydrogen-bond donors (Lipinski definition) is 2. The summed E-state index contributed by atoms with van der Waals surface area (Å²) in [4.78, 5) is 23.3. The Morgan fingerprint density at radius 2 is 1.85 bits per heavy atom. The van der Waals surface area contributed by atoms with Crippen LogP contribution in [0.1, 0.15) is 60.0 Å². The number of halogens is 1. The lowest BCUT2D eigenvalue weighted by Crippen LogP contribution is -2.32. The second-order valence-corrected chi connectivity index (χ2v) is 7.14. The van der Waals surface area contributed by atoms with Crippen molar-refractivity contribution in [3.05, 3.63) is 58.9 Å². The van der Waals surface area contributed by atoms with E-state index >= 15 is 0 Å². The molecule has 0 heterocycles. The molecule has 0 spiro atoms. The summed E-state index contributed by atoms with van der Waals surface area (Å²) in [5, 5.41) is 12.6. The number of carboxylic acid groups (broad SMARTS) is 1. The van der Waals surface area contributed by atoms with E-state index in [2.05, 4.69) is 5.32 Å². The molecular weight excluding hydrogens is 345 g/mol. The lowest BCUT2D eigenvalue weighted by Gasteiger charge is -2.21. The van der Waals surface area contributed by atoms with Gasteiger partial charge in [0.05, 0.1) is 5.56 Å². The van der Waals surface area contributed by atoms with E-state index < -0.39 is 5.97 Å². The fraction of sp³-hybridized carbons (Fsp3) is 0.364. The normalized spacial score (nSPS) is 19.1. The predicted octanol–water partition coefficient (Wildman–Crippen LogP) is 4.66. The molecule has 27 heavy (non-hydrogen) atoms. The maximum atomic E-state index is 13.3. The Morgan fingerprint density at radius 3 is 2.48 bits per heavy atom. The van der Waals surface area contributed by atoms with E-state index in [1.54, 1.807) is 18.2 Å². The van der Waals surface area contributed by atoms with Gasteiger partial charge in [0.2, 0.25) is 5.91 Å². The molecule has 0 aromatic heterocycles. The highest BCUT2D eigenvalue weighted by atomic mass is 19.1. The molecule has 2 atom stereocenters. The van der Waals surface area contributed by atoms with Crippen molar-refractivity contribution in [3.63, 3.8) is 0 Å². The molecule has 1 aliphatic rings. The molecule has 1 aliphatic carbocycles. The van der Waals surface area contributed by atoms with Crippen molar-refractivity contribution in [2.45, 2.75) is 51.5 Å². The van der Waals surface area contributed by atoms with Gasteiger partial charge in [0.1, 0.15) is 5.82 Å². The Labute approximate surface area is 158 Å². The van der Waals surface area contributed by atoms with Crippen molar-refractivity contribution in [3.8, 4) is 11.1 Å². The Kier molecular flexibility index (Phi) is 5.59. The highest BCUT2D eigenvalue weighted by Crippen LogP contribution is 2.42. The van der Waals surface area contributed by atoms with E-state index in [-0.39, 0.29) is 29.2 Å². The SMILES string of the molecule is CCC(=O)N[C@H]1CC[C@@H](c2c(-c3ccc(F)cc3)ccc(C(=O)O)c2C)C1. The fourth-order valence-corrected chi connectivity index (χ4v) is 4.07. The molecule has 0 bridgehead atoms. The highest BCUT2D eigenvalue weighted by Gasteiger charge is 2.30. The van der Waals surface area contributed by atoms with Crippen molar-refractivity contribution in [2.75, 3.05) is 0 Å². The monoisotopic (exact) mass is 369 g/mol. The topological polar surface area (TPSA) is 66.4 Å². The average molecular weight is 369 g/mol. The largest absolute Gasteiger partial charge is 0.478 e. The molecule has 4 nitrogen and oxygen atoms in total. The number of hydrogen-bond acceptors (Lipinski definition) is 2. The molecule has 2 N–H and O–H groups in total. The van der Waals surface area contributed by atoms with Gasteiger partial charge in [-0.05, 0) is 72.6 Å². The first-order valence-corrected chi connectivity index (χ1v) is 9.32. The van der Waals surface area contributed by atoms with Crippen molar-refractivity contribution in [2.24, 2.45) is 0 Å². The summed E-state index contributed by atoms with van der Waals surface area (Å²) in [6, 6.07) is 9.81. The minimum atomic E-state index is -0.951. The second-order valence-electron chi connectivity index (χ2n) is 7.14. The van der Waals surface area contributed by atoms with E-state index in [9.17, 15) is 19.1 Å². The van der Waals surface area contributed by atoms with E-state index in [4.69, 9.17) is 0 Å². The van der Waals surface area contributed by atoms with Crippen molar-refractivity contribution in [1.29, 1.82) is 0 Å². The average Bonchev–Trinajstić information content (AvgIpc) is 3.09. The molecular formula is C22H24FNO3. The van der Waals surface area contributed by atoms with Gasteiger partial charge in [-0.25, -0.2) is 9.18 Å².